The van der Waals surface area contributed by atoms with Gasteiger partial charge in [-0.2, -0.15) is 5.10 Å². The summed E-state index contributed by atoms with van der Waals surface area (Å²) in [5.41, 5.74) is 2.18. The Morgan fingerprint density at radius 2 is 2.11 bits per heavy atom. The first kappa shape index (κ1) is 13.4. The summed E-state index contributed by atoms with van der Waals surface area (Å²) in [4.78, 5) is 0. The smallest absolute Gasteiger partial charge is 0.0847 e. The fourth-order valence-electron chi connectivity index (χ4n) is 4.18. The zero-order valence-corrected chi connectivity index (χ0v) is 12.9. The molecule has 3 unspecified atom stereocenters. The van der Waals surface area contributed by atoms with Gasteiger partial charge in [0.1, 0.15) is 0 Å². The number of nitrogens with one attached hydrogen (secondary N) is 1. The Morgan fingerprint density at radius 3 is 2.68 bits per heavy atom. The molecule has 0 aromatic carbocycles. The molecule has 3 atom stereocenters. The molecule has 1 aromatic heterocycles. The van der Waals surface area contributed by atoms with Crippen LogP contribution < -0.4 is 5.32 Å². The molecule has 2 fully saturated rings. The second kappa shape index (κ2) is 5.10. The molecule has 3 nitrogen and oxygen atoms in total. The summed E-state index contributed by atoms with van der Waals surface area (Å²) in [5, 5.41) is 8.92. The van der Waals surface area contributed by atoms with Crippen molar-refractivity contribution in [3.05, 3.63) is 16.4 Å². The quantitative estimate of drug-likeness (QED) is 0.899. The lowest BCUT2D eigenvalue weighted by atomic mass is 9.99. The molecule has 106 valence electrons. The highest BCUT2D eigenvalue weighted by molar-refractivity contribution is 6.31. The van der Waals surface area contributed by atoms with E-state index in [0.29, 0.717) is 6.04 Å². The molecule has 2 aliphatic rings. The molecule has 0 bridgehead atoms. The van der Waals surface area contributed by atoms with Crippen LogP contribution >= 0.6 is 11.6 Å². The van der Waals surface area contributed by atoms with Gasteiger partial charge in [-0.3, -0.25) is 4.68 Å². The SMILES string of the molecule is CCn1nc(C)c(Cl)c1CC(NC)C1C2CCCC21. The minimum atomic E-state index is 0.564. The van der Waals surface area contributed by atoms with Crippen LogP contribution in [0.3, 0.4) is 0 Å². The van der Waals surface area contributed by atoms with E-state index in [4.69, 9.17) is 11.6 Å². The van der Waals surface area contributed by atoms with Crippen molar-refractivity contribution in [1.82, 2.24) is 15.1 Å². The van der Waals surface area contributed by atoms with E-state index in [1.54, 1.807) is 0 Å². The molecule has 1 aromatic rings. The van der Waals surface area contributed by atoms with Gasteiger partial charge in [0.05, 0.1) is 16.4 Å². The molecule has 0 spiro atoms. The average molecular weight is 282 g/mol. The molecule has 1 heterocycles. The molecule has 2 aliphatic carbocycles. The number of nitrogens with zero attached hydrogens (tertiary/aromatic N) is 2. The largest absolute Gasteiger partial charge is 0.316 e. The Hall–Kier alpha value is -0.540. The van der Waals surface area contributed by atoms with Gasteiger partial charge in [0.2, 0.25) is 0 Å². The summed E-state index contributed by atoms with van der Waals surface area (Å²) in [5.74, 6) is 2.83. The van der Waals surface area contributed by atoms with Crippen LogP contribution in [-0.4, -0.2) is 22.9 Å². The standard InChI is InChI=1S/C15H24ClN3/c1-4-19-13(15(16)9(2)18-19)8-12(17-3)14-10-6-5-7-11(10)14/h10-12,14,17H,4-8H2,1-3H3. The molecule has 0 saturated heterocycles. The molecule has 0 radical (unpaired) electrons. The minimum Gasteiger partial charge on any atom is -0.316 e. The molecule has 3 rings (SSSR count). The van der Waals surface area contributed by atoms with Crippen molar-refractivity contribution < 1.29 is 0 Å². The highest BCUT2D eigenvalue weighted by Gasteiger charge is 2.55. The van der Waals surface area contributed by atoms with Crippen LogP contribution in [0.25, 0.3) is 0 Å². The zero-order valence-electron chi connectivity index (χ0n) is 12.1. The van der Waals surface area contributed by atoms with Crippen molar-refractivity contribution in [2.45, 2.75) is 52.1 Å². The first-order valence-electron chi connectivity index (χ1n) is 7.56. The van der Waals surface area contributed by atoms with Gasteiger partial charge in [0.25, 0.3) is 0 Å². The first-order valence-corrected chi connectivity index (χ1v) is 7.94. The van der Waals surface area contributed by atoms with E-state index in [1.165, 1.54) is 25.0 Å². The maximum absolute atomic E-state index is 6.43. The number of fused-ring (bicyclic) bond motifs is 1. The van der Waals surface area contributed by atoms with Gasteiger partial charge >= 0.3 is 0 Å². The van der Waals surface area contributed by atoms with Gasteiger partial charge in [0.15, 0.2) is 0 Å². The third kappa shape index (κ3) is 2.21. The van der Waals surface area contributed by atoms with E-state index in [9.17, 15) is 0 Å². The maximum Gasteiger partial charge on any atom is 0.0847 e. The number of hydrogen-bond donors (Lipinski definition) is 1. The second-order valence-electron chi connectivity index (χ2n) is 6.10. The van der Waals surface area contributed by atoms with E-state index in [0.717, 1.165) is 41.4 Å². The normalized spacial score (nSPS) is 30.4. The van der Waals surface area contributed by atoms with Crippen molar-refractivity contribution in [2.75, 3.05) is 7.05 Å². The number of aryl methyl sites for hydroxylation is 2. The fourth-order valence-corrected chi connectivity index (χ4v) is 4.39. The van der Waals surface area contributed by atoms with Crippen LogP contribution in [-0.2, 0) is 13.0 Å². The Bertz CT molecular complexity index is 458. The summed E-state index contributed by atoms with van der Waals surface area (Å²) >= 11 is 6.43. The van der Waals surface area contributed by atoms with Gasteiger partial charge in [-0.1, -0.05) is 18.0 Å². The third-order valence-electron chi connectivity index (χ3n) is 5.17. The summed E-state index contributed by atoms with van der Waals surface area (Å²) in [6, 6.07) is 0.564. The Kier molecular flexibility index (Phi) is 3.61. The molecule has 2 saturated carbocycles. The molecular formula is C15H24ClN3. The summed E-state index contributed by atoms with van der Waals surface area (Å²) in [7, 11) is 2.09. The first-order chi connectivity index (χ1) is 9.17. The lowest BCUT2D eigenvalue weighted by molar-refractivity contribution is 0.417. The molecule has 0 amide bonds. The number of halogens is 1. The van der Waals surface area contributed by atoms with Gasteiger partial charge in [0, 0.05) is 19.0 Å². The Balaban J connectivity index is 1.76. The fraction of sp³-hybridized carbons (Fsp3) is 0.800. The van der Waals surface area contributed by atoms with E-state index in [2.05, 4.69) is 29.1 Å². The topological polar surface area (TPSA) is 29.9 Å². The number of likely N-dealkylation sites (N-methyl/N-ethyl adjacent to an activating group) is 1. The zero-order chi connectivity index (χ0) is 13.6. The molecule has 19 heavy (non-hydrogen) atoms. The van der Waals surface area contributed by atoms with E-state index >= 15 is 0 Å². The monoisotopic (exact) mass is 281 g/mol. The van der Waals surface area contributed by atoms with E-state index in [1.807, 2.05) is 6.92 Å². The van der Waals surface area contributed by atoms with Crippen LogP contribution in [0.1, 0.15) is 37.6 Å². The number of aromatic nitrogens is 2. The summed E-state index contributed by atoms with van der Waals surface area (Å²) in [6.07, 6.45) is 5.33. The van der Waals surface area contributed by atoms with Crippen molar-refractivity contribution in [2.24, 2.45) is 17.8 Å². The molecular weight excluding hydrogens is 258 g/mol. The van der Waals surface area contributed by atoms with Crippen LogP contribution in [0.15, 0.2) is 0 Å². The highest BCUT2D eigenvalue weighted by atomic mass is 35.5. The van der Waals surface area contributed by atoms with Crippen molar-refractivity contribution in [3.8, 4) is 0 Å². The van der Waals surface area contributed by atoms with Crippen molar-refractivity contribution in [1.29, 1.82) is 0 Å². The predicted octanol–water partition coefficient (Wildman–Crippen LogP) is 3.04. The summed E-state index contributed by atoms with van der Waals surface area (Å²) in [6.45, 7) is 5.03. The van der Waals surface area contributed by atoms with Crippen LogP contribution in [0.5, 0.6) is 0 Å². The minimum absolute atomic E-state index is 0.564. The lowest BCUT2D eigenvalue weighted by Gasteiger charge is -2.19. The molecule has 4 heteroatoms. The number of rotatable bonds is 5. The van der Waals surface area contributed by atoms with Gasteiger partial charge in [-0.25, -0.2) is 0 Å². The van der Waals surface area contributed by atoms with Gasteiger partial charge in [-0.05, 0) is 51.5 Å². The van der Waals surface area contributed by atoms with E-state index in [-0.39, 0.29) is 0 Å². The molecule has 0 aliphatic heterocycles. The Labute approximate surface area is 120 Å². The third-order valence-corrected chi connectivity index (χ3v) is 5.67. The maximum atomic E-state index is 6.43. The van der Waals surface area contributed by atoms with Crippen molar-refractivity contribution in [3.63, 3.8) is 0 Å². The predicted molar refractivity (Wildman–Crippen MR) is 78.5 cm³/mol. The van der Waals surface area contributed by atoms with Gasteiger partial charge < -0.3 is 5.32 Å². The van der Waals surface area contributed by atoms with Crippen LogP contribution in [0.4, 0.5) is 0 Å². The number of hydrogen-bond acceptors (Lipinski definition) is 2. The molecule has 1 N–H and O–H groups in total. The second-order valence-corrected chi connectivity index (χ2v) is 6.48. The Morgan fingerprint density at radius 1 is 1.42 bits per heavy atom. The lowest BCUT2D eigenvalue weighted by Crippen LogP contribution is -2.32. The van der Waals surface area contributed by atoms with Crippen molar-refractivity contribution >= 4 is 11.6 Å². The van der Waals surface area contributed by atoms with Crippen LogP contribution in [0, 0.1) is 24.7 Å². The van der Waals surface area contributed by atoms with E-state index < -0.39 is 0 Å². The van der Waals surface area contributed by atoms with Crippen LogP contribution in [0.2, 0.25) is 5.02 Å². The average Bonchev–Trinajstić information content (AvgIpc) is 2.78. The summed E-state index contributed by atoms with van der Waals surface area (Å²) < 4.78 is 2.07. The highest BCUT2D eigenvalue weighted by Crippen LogP contribution is 2.59. The van der Waals surface area contributed by atoms with Gasteiger partial charge in [-0.15, -0.1) is 0 Å².